The molecule has 1 aliphatic rings. The topological polar surface area (TPSA) is 50.2 Å². The third-order valence-corrected chi connectivity index (χ3v) is 4.88. The number of likely N-dealkylation sites (tertiary alicyclic amines) is 1. The van der Waals surface area contributed by atoms with Crippen LogP contribution in [0.15, 0.2) is 12.1 Å². The number of aromatic nitrogens is 2. The molecule has 1 fully saturated rings. The third-order valence-electron chi connectivity index (χ3n) is 4.57. The number of aryl methyl sites for hydroxylation is 1. The summed E-state index contributed by atoms with van der Waals surface area (Å²) in [6, 6.07) is 3.93. The van der Waals surface area contributed by atoms with E-state index in [2.05, 4.69) is 36.1 Å². The number of fused-ring (bicyclic) bond motifs is 1. The molecular formula is C18H25ClN4O. The number of benzene rings is 1. The molecule has 6 heteroatoms. The van der Waals surface area contributed by atoms with Gasteiger partial charge in [0.2, 0.25) is 5.91 Å². The van der Waals surface area contributed by atoms with Crippen molar-refractivity contribution in [2.24, 2.45) is 7.05 Å². The van der Waals surface area contributed by atoms with Crippen LogP contribution in [0.25, 0.3) is 10.9 Å². The van der Waals surface area contributed by atoms with Crippen molar-refractivity contribution in [1.82, 2.24) is 14.7 Å². The average molecular weight is 349 g/mol. The van der Waals surface area contributed by atoms with E-state index in [4.69, 9.17) is 11.6 Å². The third kappa shape index (κ3) is 3.28. The summed E-state index contributed by atoms with van der Waals surface area (Å²) in [5.41, 5.74) is 2.11. The van der Waals surface area contributed by atoms with Crippen LogP contribution >= 0.6 is 11.6 Å². The van der Waals surface area contributed by atoms with Gasteiger partial charge in [0.05, 0.1) is 22.5 Å². The van der Waals surface area contributed by atoms with Gasteiger partial charge in [0.1, 0.15) is 0 Å². The molecule has 2 heterocycles. The molecular weight excluding hydrogens is 324 g/mol. The first-order valence-electron chi connectivity index (χ1n) is 8.45. The Labute approximate surface area is 148 Å². The number of nitrogens with one attached hydrogen (secondary N) is 1. The van der Waals surface area contributed by atoms with Crippen molar-refractivity contribution >= 4 is 34.2 Å². The number of hydrogen-bond acceptors (Lipinski definition) is 3. The van der Waals surface area contributed by atoms with Gasteiger partial charge in [-0.15, -0.1) is 0 Å². The van der Waals surface area contributed by atoms with Gasteiger partial charge in [-0.1, -0.05) is 38.4 Å². The molecule has 3 rings (SSSR count). The highest BCUT2D eigenvalue weighted by Crippen LogP contribution is 2.37. The molecule has 0 atom stereocenters. The smallest absolute Gasteiger partial charge is 0.239 e. The number of hydrogen-bond donors (Lipinski definition) is 1. The Morgan fingerprint density at radius 2 is 1.96 bits per heavy atom. The van der Waals surface area contributed by atoms with E-state index in [9.17, 15) is 4.79 Å². The Bertz CT molecular complexity index is 769. The predicted molar refractivity (Wildman–Crippen MR) is 98.7 cm³/mol. The molecule has 130 valence electrons. The van der Waals surface area contributed by atoms with Gasteiger partial charge in [0.15, 0.2) is 5.82 Å². The zero-order valence-corrected chi connectivity index (χ0v) is 15.6. The van der Waals surface area contributed by atoms with Gasteiger partial charge in [0.25, 0.3) is 0 Å². The Kier molecular flexibility index (Phi) is 4.58. The Morgan fingerprint density at radius 3 is 2.58 bits per heavy atom. The van der Waals surface area contributed by atoms with Crippen LogP contribution in [0, 0.1) is 0 Å². The van der Waals surface area contributed by atoms with E-state index in [0.717, 1.165) is 29.6 Å². The van der Waals surface area contributed by atoms with E-state index in [1.807, 2.05) is 23.9 Å². The van der Waals surface area contributed by atoms with E-state index in [1.54, 1.807) is 0 Å². The minimum Gasteiger partial charge on any atom is -0.308 e. The fourth-order valence-corrected chi connectivity index (χ4v) is 3.63. The van der Waals surface area contributed by atoms with Gasteiger partial charge >= 0.3 is 0 Å². The van der Waals surface area contributed by atoms with Gasteiger partial charge in [-0.2, -0.15) is 5.10 Å². The Balaban J connectivity index is 1.95. The first kappa shape index (κ1) is 17.2. The first-order valence-corrected chi connectivity index (χ1v) is 8.83. The minimum atomic E-state index is -0.0343. The van der Waals surface area contributed by atoms with Crippen molar-refractivity contribution in [3.05, 3.63) is 22.7 Å². The summed E-state index contributed by atoms with van der Waals surface area (Å²) in [5, 5.41) is 8.91. The number of amides is 1. The van der Waals surface area contributed by atoms with E-state index in [1.165, 1.54) is 12.8 Å². The summed E-state index contributed by atoms with van der Waals surface area (Å²) < 4.78 is 1.81. The molecule has 1 aromatic carbocycles. The molecule has 0 unspecified atom stereocenters. The van der Waals surface area contributed by atoms with Gasteiger partial charge in [-0.3, -0.25) is 14.4 Å². The van der Waals surface area contributed by atoms with Crippen molar-refractivity contribution in [2.45, 2.75) is 39.0 Å². The second kappa shape index (κ2) is 6.37. The van der Waals surface area contributed by atoms with Crippen LogP contribution in [-0.4, -0.2) is 40.2 Å². The van der Waals surface area contributed by atoms with Crippen LogP contribution in [0.2, 0.25) is 5.02 Å². The maximum Gasteiger partial charge on any atom is 0.239 e. The summed E-state index contributed by atoms with van der Waals surface area (Å²) in [6.07, 6.45) is 2.33. The second-order valence-corrected chi connectivity index (χ2v) is 7.98. The lowest BCUT2D eigenvalue weighted by molar-refractivity contribution is -0.117. The lowest BCUT2D eigenvalue weighted by atomic mass is 9.85. The van der Waals surface area contributed by atoms with Crippen molar-refractivity contribution in [3.8, 4) is 0 Å². The summed E-state index contributed by atoms with van der Waals surface area (Å²) in [5.74, 6) is 0.516. The van der Waals surface area contributed by atoms with E-state index in [-0.39, 0.29) is 11.3 Å². The van der Waals surface area contributed by atoms with Crippen molar-refractivity contribution < 1.29 is 4.79 Å². The summed E-state index contributed by atoms with van der Waals surface area (Å²) in [6.45, 7) is 8.88. The standard InChI is InChI=1S/C18H25ClN4O/c1-18(2,3)12-7-8-13(19)15-16(12)22(4)21-17(15)20-14(24)11-23-9-5-6-10-23/h7-8H,5-6,9-11H2,1-4H3,(H,20,21,24). The second-order valence-electron chi connectivity index (χ2n) is 7.57. The molecule has 24 heavy (non-hydrogen) atoms. The number of carbonyl (C=O) groups excluding carboxylic acids is 1. The fraction of sp³-hybridized carbons (Fsp3) is 0.556. The molecule has 1 N–H and O–H groups in total. The number of halogens is 1. The van der Waals surface area contributed by atoms with Gasteiger partial charge < -0.3 is 5.32 Å². The molecule has 0 aliphatic carbocycles. The van der Waals surface area contributed by atoms with Crippen LogP contribution in [0.3, 0.4) is 0 Å². The van der Waals surface area contributed by atoms with Gasteiger partial charge in [0, 0.05) is 7.05 Å². The highest BCUT2D eigenvalue weighted by molar-refractivity contribution is 6.36. The number of anilines is 1. The molecule has 0 radical (unpaired) electrons. The van der Waals surface area contributed by atoms with Crippen LogP contribution in [0.4, 0.5) is 5.82 Å². The van der Waals surface area contributed by atoms with Gasteiger partial charge in [-0.25, -0.2) is 0 Å². The molecule has 5 nitrogen and oxygen atoms in total. The molecule has 1 aliphatic heterocycles. The normalized spacial score (nSPS) is 16.0. The van der Waals surface area contributed by atoms with E-state index >= 15 is 0 Å². The van der Waals surface area contributed by atoms with Crippen molar-refractivity contribution in [2.75, 3.05) is 25.0 Å². The lowest BCUT2D eigenvalue weighted by Gasteiger charge is -2.21. The van der Waals surface area contributed by atoms with E-state index < -0.39 is 0 Å². The van der Waals surface area contributed by atoms with E-state index in [0.29, 0.717) is 17.4 Å². The quantitative estimate of drug-likeness (QED) is 0.922. The molecule has 1 amide bonds. The highest BCUT2D eigenvalue weighted by Gasteiger charge is 2.24. The predicted octanol–water partition coefficient (Wildman–Crippen LogP) is 3.56. The highest BCUT2D eigenvalue weighted by atomic mass is 35.5. The number of nitrogens with zero attached hydrogens (tertiary/aromatic N) is 3. The maximum absolute atomic E-state index is 12.4. The lowest BCUT2D eigenvalue weighted by Crippen LogP contribution is -2.31. The van der Waals surface area contributed by atoms with Crippen LogP contribution in [-0.2, 0) is 17.3 Å². The van der Waals surface area contributed by atoms with Crippen LogP contribution < -0.4 is 5.32 Å². The molecule has 0 bridgehead atoms. The first-order chi connectivity index (χ1) is 11.3. The molecule has 0 spiro atoms. The van der Waals surface area contributed by atoms with Crippen molar-refractivity contribution in [3.63, 3.8) is 0 Å². The summed E-state index contributed by atoms with van der Waals surface area (Å²) in [7, 11) is 1.89. The zero-order chi connectivity index (χ0) is 17.5. The van der Waals surface area contributed by atoms with Crippen LogP contribution in [0.1, 0.15) is 39.2 Å². The fourth-order valence-electron chi connectivity index (χ4n) is 3.39. The monoisotopic (exact) mass is 348 g/mol. The van der Waals surface area contributed by atoms with Crippen molar-refractivity contribution in [1.29, 1.82) is 0 Å². The summed E-state index contributed by atoms with van der Waals surface area (Å²) >= 11 is 6.44. The minimum absolute atomic E-state index is 0.0332. The summed E-state index contributed by atoms with van der Waals surface area (Å²) in [4.78, 5) is 14.5. The maximum atomic E-state index is 12.4. The SMILES string of the molecule is Cn1nc(NC(=O)CN2CCCC2)c2c(Cl)ccc(C(C)(C)C)c21. The molecule has 1 aromatic heterocycles. The zero-order valence-electron chi connectivity index (χ0n) is 14.8. The van der Waals surface area contributed by atoms with Crippen LogP contribution in [0.5, 0.6) is 0 Å². The molecule has 0 saturated carbocycles. The largest absolute Gasteiger partial charge is 0.308 e. The molecule has 1 saturated heterocycles. The molecule has 2 aromatic rings. The Morgan fingerprint density at radius 1 is 1.29 bits per heavy atom. The average Bonchev–Trinajstić information content (AvgIpc) is 3.07. The number of rotatable bonds is 3. The number of carbonyl (C=O) groups is 1. The van der Waals surface area contributed by atoms with Gasteiger partial charge in [-0.05, 0) is 43.0 Å². The Hall–Kier alpha value is -1.59.